The van der Waals surface area contributed by atoms with E-state index in [4.69, 9.17) is 4.42 Å². The summed E-state index contributed by atoms with van der Waals surface area (Å²) in [6.07, 6.45) is 4.74. The van der Waals surface area contributed by atoms with Crippen molar-refractivity contribution in [3.05, 3.63) is 63.7 Å². The number of benzene rings is 1. The number of rotatable bonds is 3. The number of hydrogen-bond donors (Lipinski definition) is 0. The number of thiophene rings is 1. The minimum Gasteiger partial charge on any atom is -0.455 e. The first kappa shape index (κ1) is 20.1. The van der Waals surface area contributed by atoms with Crippen molar-refractivity contribution in [3.8, 4) is 23.5 Å². The molecule has 0 bridgehead atoms. The van der Waals surface area contributed by atoms with Crippen molar-refractivity contribution in [2.24, 2.45) is 16.3 Å². The molecular weight excluding hydrogens is 390 g/mol. The van der Waals surface area contributed by atoms with Gasteiger partial charge in [0.2, 0.25) is 0 Å². The molecular formula is C25H23N3OS. The molecule has 2 aromatic heterocycles. The van der Waals surface area contributed by atoms with Crippen LogP contribution in [0.2, 0.25) is 0 Å². The third kappa shape index (κ3) is 3.82. The molecule has 4 nitrogen and oxygen atoms in total. The van der Waals surface area contributed by atoms with Crippen LogP contribution in [0.15, 0.2) is 45.8 Å². The van der Waals surface area contributed by atoms with Crippen molar-refractivity contribution in [1.29, 1.82) is 10.5 Å². The molecule has 2 heterocycles. The molecule has 0 aliphatic heterocycles. The zero-order valence-electron chi connectivity index (χ0n) is 17.4. The van der Waals surface area contributed by atoms with Gasteiger partial charge in [0.05, 0.1) is 23.4 Å². The Balaban J connectivity index is 1.60. The summed E-state index contributed by atoms with van der Waals surface area (Å²) >= 11 is 1.63. The number of nitrogens with zero attached hydrogens (tertiary/aromatic N) is 3. The van der Waals surface area contributed by atoms with Crippen LogP contribution in [-0.4, -0.2) is 6.21 Å². The first-order chi connectivity index (χ1) is 14.4. The molecule has 0 radical (unpaired) electrons. The molecule has 1 aliphatic rings. The topological polar surface area (TPSA) is 73.1 Å². The lowest BCUT2D eigenvalue weighted by atomic mass is 9.72. The third-order valence-electron chi connectivity index (χ3n) is 5.83. The van der Waals surface area contributed by atoms with E-state index in [1.807, 2.05) is 30.3 Å². The van der Waals surface area contributed by atoms with Crippen LogP contribution < -0.4 is 0 Å². The lowest BCUT2D eigenvalue weighted by Crippen LogP contribution is -2.26. The zero-order valence-corrected chi connectivity index (χ0v) is 18.2. The molecule has 150 valence electrons. The van der Waals surface area contributed by atoms with Crippen molar-refractivity contribution in [2.45, 2.75) is 40.0 Å². The van der Waals surface area contributed by atoms with E-state index < -0.39 is 0 Å². The quantitative estimate of drug-likeness (QED) is 0.451. The van der Waals surface area contributed by atoms with E-state index in [0.717, 1.165) is 29.8 Å². The number of furan rings is 1. The van der Waals surface area contributed by atoms with E-state index in [1.54, 1.807) is 23.6 Å². The second-order valence-electron chi connectivity index (χ2n) is 8.72. The van der Waals surface area contributed by atoms with Crippen LogP contribution in [-0.2, 0) is 12.8 Å². The second kappa shape index (κ2) is 7.94. The molecule has 0 spiro atoms. The van der Waals surface area contributed by atoms with Crippen LogP contribution in [0, 0.1) is 34.0 Å². The van der Waals surface area contributed by atoms with Gasteiger partial charge in [-0.2, -0.15) is 10.5 Å². The Bertz CT molecular complexity index is 1190. The second-order valence-corrected chi connectivity index (χ2v) is 9.80. The van der Waals surface area contributed by atoms with Gasteiger partial charge in [0.15, 0.2) is 0 Å². The molecule has 0 amide bonds. The maximum atomic E-state index is 9.73. The summed E-state index contributed by atoms with van der Waals surface area (Å²) in [6, 6.07) is 15.6. The average molecular weight is 414 g/mol. The van der Waals surface area contributed by atoms with Gasteiger partial charge in [0, 0.05) is 10.4 Å². The molecule has 0 unspecified atom stereocenters. The smallest absolute Gasteiger partial charge is 0.145 e. The molecule has 5 heteroatoms. The number of fused-ring (bicyclic) bond motifs is 1. The maximum absolute atomic E-state index is 9.73. The molecule has 0 saturated heterocycles. The summed E-state index contributed by atoms with van der Waals surface area (Å²) in [7, 11) is 0. The van der Waals surface area contributed by atoms with Gasteiger partial charge in [-0.05, 0) is 60.4 Å². The van der Waals surface area contributed by atoms with Crippen molar-refractivity contribution < 1.29 is 4.42 Å². The van der Waals surface area contributed by atoms with Crippen LogP contribution in [0.25, 0.3) is 11.3 Å². The zero-order chi connectivity index (χ0) is 21.3. The fraction of sp³-hybridized carbons (Fsp3) is 0.320. The number of aliphatic imine (C=N–C) groups is 1. The number of nitriles is 2. The van der Waals surface area contributed by atoms with Gasteiger partial charge >= 0.3 is 0 Å². The summed E-state index contributed by atoms with van der Waals surface area (Å²) in [5, 5.41) is 19.8. The van der Waals surface area contributed by atoms with Gasteiger partial charge in [0.25, 0.3) is 0 Å². The van der Waals surface area contributed by atoms with Crippen molar-refractivity contribution in [3.63, 3.8) is 0 Å². The fourth-order valence-corrected chi connectivity index (χ4v) is 5.22. The van der Waals surface area contributed by atoms with E-state index in [2.05, 4.69) is 37.9 Å². The Hall–Kier alpha value is -3.15. The fourth-order valence-electron chi connectivity index (χ4n) is 4.00. The standard InChI is InChI=1S/C25H23N3OS/c1-25(2,3)17-8-10-20-21(14-27)24(30-23(20)12-17)28-15-18-9-11-22(29-18)19-7-5-4-6-16(19)13-26/h4-7,9,11,15,17H,8,10,12H2,1-3H3/t17-/m1/s1. The summed E-state index contributed by atoms with van der Waals surface area (Å²) in [6.45, 7) is 6.87. The molecule has 0 fully saturated rings. The predicted octanol–water partition coefficient (Wildman–Crippen LogP) is 6.65. The normalized spacial score (nSPS) is 16.2. The van der Waals surface area contributed by atoms with Crippen LogP contribution in [0.4, 0.5) is 5.00 Å². The van der Waals surface area contributed by atoms with E-state index in [-0.39, 0.29) is 5.41 Å². The Morgan fingerprint density at radius 2 is 1.93 bits per heavy atom. The third-order valence-corrected chi connectivity index (χ3v) is 6.99. The van der Waals surface area contributed by atoms with Crippen LogP contribution in [0.5, 0.6) is 0 Å². The maximum Gasteiger partial charge on any atom is 0.145 e. The van der Waals surface area contributed by atoms with Gasteiger partial charge < -0.3 is 4.42 Å². The highest BCUT2D eigenvalue weighted by Crippen LogP contribution is 2.44. The molecule has 0 saturated carbocycles. The minimum absolute atomic E-state index is 0.266. The van der Waals surface area contributed by atoms with Crippen molar-refractivity contribution in [1.82, 2.24) is 0 Å². The number of hydrogen-bond acceptors (Lipinski definition) is 5. The van der Waals surface area contributed by atoms with Crippen LogP contribution in [0.3, 0.4) is 0 Å². The Morgan fingerprint density at radius 1 is 1.13 bits per heavy atom. The van der Waals surface area contributed by atoms with E-state index in [1.165, 1.54) is 10.4 Å². The molecule has 0 N–H and O–H groups in total. The first-order valence-electron chi connectivity index (χ1n) is 10.1. The highest BCUT2D eigenvalue weighted by molar-refractivity contribution is 7.16. The van der Waals surface area contributed by atoms with Crippen LogP contribution >= 0.6 is 11.3 Å². The molecule has 1 aromatic carbocycles. The molecule has 30 heavy (non-hydrogen) atoms. The lowest BCUT2D eigenvalue weighted by molar-refractivity contribution is 0.218. The predicted molar refractivity (Wildman–Crippen MR) is 120 cm³/mol. The monoisotopic (exact) mass is 413 g/mol. The van der Waals surface area contributed by atoms with E-state index in [9.17, 15) is 10.5 Å². The molecule has 1 atom stereocenters. The summed E-state index contributed by atoms with van der Waals surface area (Å²) in [4.78, 5) is 5.90. The van der Waals surface area contributed by atoms with Crippen molar-refractivity contribution >= 4 is 22.6 Å². The van der Waals surface area contributed by atoms with E-state index >= 15 is 0 Å². The van der Waals surface area contributed by atoms with Gasteiger partial charge in [-0.3, -0.25) is 0 Å². The molecule has 3 aromatic rings. The summed E-state index contributed by atoms with van der Waals surface area (Å²) < 4.78 is 5.89. The van der Waals surface area contributed by atoms with Gasteiger partial charge in [-0.1, -0.05) is 32.9 Å². The Morgan fingerprint density at radius 3 is 2.67 bits per heavy atom. The molecule has 1 aliphatic carbocycles. The van der Waals surface area contributed by atoms with Gasteiger partial charge in [-0.15, -0.1) is 11.3 Å². The lowest BCUT2D eigenvalue weighted by Gasteiger charge is -2.33. The minimum atomic E-state index is 0.266. The van der Waals surface area contributed by atoms with Gasteiger partial charge in [0.1, 0.15) is 22.6 Å². The Labute approximate surface area is 181 Å². The highest BCUT2D eigenvalue weighted by atomic mass is 32.1. The highest BCUT2D eigenvalue weighted by Gasteiger charge is 2.32. The Kier molecular flexibility index (Phi) is 5.33. The first-order valence-corrected chi connectivity index (χ1v) is 10.9. The van der Waals surface area contributed by atoms with Gasteiger partial charge in [-0.25, -0.2) is 4.99 Å². The summed E-state index contributed by atoms with van der Waals surface area (Å²) in [5.41, 5.74) is 3.49. The van der Waals surface area contributed by atoms with E-state index in [0.29, 0.717) is 28.6 Å². The van der Waals surface area contributed by atoms with Crippen molar-refractivity contribution in [2.75, 3.05) is 0 Å². The summed E-state index contributed by atoms with van der Waals surface area (Å²) in [5.74, 6) is 1.85. The SMILES string of the molecule is CC(C)(C)[C@@H]1CCc2c(sc(N=Cc3ccc(-c4ccccc4C#N)o3)c2C#N)C1. The average Bonchev–Trinajstić information content (AvgIpc) is 3.35. The molecule has 4 rings (SSSR count). The van der Waals surface area contributed by atoms with Crippen LogP contribution in [0.1, 0.15) is 54.5 Å². The largest absolute Gasteiger partial charge is 0.455 e.